The maximum Gasteiger partial charge on any atom is 0.242 e. The molecule has 0 bridgehead atoms. The van der Waals surface area contributed by atoms with Crippen molar-refractivity contribution in [1.82, 2.24) is 9.97 Å². The molecule has 0 amide bonds. The van der Waals surface area contributed by atoms with E-state index in [1.54, 1.807) is 6.20 Å². The lowest BCUT2D eigenvalue weighted by molar-refractivity contribution is 0.542. The van der Waals surface area contributed by atoms with Gasteiger partial charge in [0.05, 0.1) is 11.8 Å². The molecular weight excluding hydrogens is 302 g/mol. The lowest BCUT2D eigenvalue weighted by atomic mass is 10.1. The van der Waals surface area contributed by atoms with Crippen molar-refractivity contribution in [1.29, 1.82) is 0 Å². The zero-order chi connectivity index (χ0) is 17.0. The van der Waals surface area contributed by atoms with Gasteiger partial charge in [0.15, 0.2) is 5.82 Å². The van der Waals surface area contributed by atoms with Crippen molar-refractivity contribution in [3.05, 3.63) is 53.6 Å². The number of para-hydroxylation sites is 1. The molecule has 1 aromatic carbocycles. The van der Waals surface area contributed by atoms with Gasteiger partial charge in [-0.2, -0.15) is 0 Å². The minimum Gasteiger partial charge on any atom is -0.544 e. The molecule has 0 saturated carbocycles. The van der Waals surface area contributed by atoms with Gasteiger partial charge >= 0.3 is 0 Å². The van der Waals surface area contributed by atoms with E-state index in [0.29, 0.717) is 5.82 Å². The van der Waals surface area contributed by atoms with E-state index < -0.39 is 8.32 Å². The van der Waals surface area contributed by atoms with Crippen molar-refractivity contribution in [3.8, 4) is 5.75 Å². The van der Waals surface area contributed by atoms with E-state index in [1.807, 2.05) is 38.1 Å². The number of rotatable bonds is 5. The van der Waals surface area contributed by atoms with Gasteiger partial charge in [0, 0.05) is 17.5 Å². The summed E-state index contributed by atoms with van der Waals surface area (Å²) in [4.78, 5) is 13.5. The van der Waals surface area contributed by atoms with Crippen molar-refractivity contribution in [2.24, 2.45) is 4.99 Å². The minimum atomic E-state index is -1.66. The van der Waals surface area contributed by atoms with Crippen LogP contribution in [-0.4, -0.2) is 24.0 Å². The molecule has 0 saturated heterocycles. The zero-order valence-corrected chi connectivity index (χ0v) is 15.8. The molecule has 0 aliphatic carbocycles. The van der Waals surface area contributed by atoms with Crippen LogP contribution in [0.3, 0.4) is 0 Å². The fourth-order valence-electron chi connectivity index (χ4n) is 2.29. The number of aromatic nitrogens is 2. The Labute approximate surface area is 139 Å². The maximum atomic E-state index is 6.20. The van der Waals surface area contributed by atoms with Gasteiger partial charge in [-0.1, -0.05) is 18.2 Å². The van der Waals surface area contributed by atoms with E-state index in [0.717, 1.165) is 22.7 Å². The van der Waals surface area contributed by atoms with E-state index in [4.69, 9.17) is 9.42 Å². The fraction of sp³-hybridized carbons (Fsp3) is 0.389. The minimum absolute atomic E-state index is 0.00772. The van der Waals surface area contributed by atoms with Crippen LogP contribution < -0.4 is 4.43 Å². The predicted molar refractivity (Wildman–Crippen MR) is 97.8 cm³/mol. The lowest BCUT2D eigenvalue weighted by Crippen LogP contribution is -2.29. The second-order valence-electron chi connectivity index (χ2n) is 6.66. The first kappa shape index (κ1) is 17.3. The van der Waals surface area contributed by atoms with Gasteiger partial charge in [-0.15, -0.1) is 0 Å². The molecule has 0 fully saturated rings. The van der Waals surface area contributed by atoms with E-state index in [2.05, 4.69) is 42.6 Å². The molecule has 1 heterocycles. The molecule has 0 spiro atoms. The summed E-state index contributed by atoms with van der Waals surface area (Å²) in [5.41, 5.74) is 2.88. The third-order valence-corrected chi connectivity index (χ3v) is 4.12. The topological polar surface area (TPSA) is 47.4 Å². The molecule has 5 heteroatoms. The fourth-order valence-corrected chi connectivity index (χ4v) is 3.14. The molecule has 0 aliphatic heterocycles. The highest BCUT2D eigenvalue weighted by molar-refractivity contribution is 6.70. The Morgan fingerprint density at radius 3 is 2.52 bits per heavy atom. The first-order valence-electron chi connectivity index (χ1n) is 7.88. The van der Waals surface area contributed by atoms with Crippen molar-refractivity contribution >= 4 is 14.0 Å². The normalized spacial score (nSPS) is 13.7. The van der Waals surface area contributed by atoms with Gasteiger partial charge < -0.3 is 4.43 Å². The summed E-state index contributed by atoms with van der Waals surface area (Å²) in [7, 11) is -1.66. The van der Waals surface area contributed by atoms with E-state index in [9.17, 15) is 0 Å². The summed E-state index contributed by atoms with van der Waals surface area (Å²) < 4.78 is 6.20. The van der Waals surface area contributed by atoms with Gasteiger partial charge in [-0.05, 0) is 52.5 Å². The van der Waals surface area contributed by atoms with Crippen molar-refractivity contribution in [2.75, 3.05) is 0 Å². The Kier molecular flexibility index (Phi) is 5.31. The summed E-state index contributed by atoms with van der Waals surface area (Å²) in [5, 5.41) is 0. The quantitative estimate of drug-likeness (QED) is 0.597. The highest BCUT2D eigenvalue weighted by atomic mass is 28.4. The molecule has 1 aromatic heterocycles. The van der Waals surface area contributed by atoms with Gasteiger partial charge in [-0.25, -0.2) is 9.97 Å². The lowest BCUT2D eigenvalue weighted by Gasteiger charge is -2.23. The van der Waals surface area contributed by atoms with E-state index >= 15 is 0 Å². The number of nitrogens with zero attached hydrogens (tertiary/aromatic N) is 3. The van der Waals surface area contributed by atoms with Crippen molar-refractivity contribution in [3.63, 3.8) is 0 Å². The van der Waals surface area contributed by atoms with Gasteiger partial charge in [0.25, 0.3) is 0 Å². The van der Waals surface area contributed by atoms with Gasteiger partial charge in [-0.3, -0.25) is 4.99 Å². The Balaban J connectivity index is 2.30. The Morgan fingerprint density at radius 2 is 1.87 bits per heavy atom. The summed E-state index contributed by atoms with van der Waals surface area (Å²) in [6.45, 7) is 12.5. The Morgan fingerprint density at radius 1 is 1.17 bits per heavy atom. The van der Waals surface area contributed by atoms with Crippen LogP contribution in [-0.2, 0) is 0 Å². The molecule has 23 heavy (non-hydrogen) atoms. The highest BCUT2D eigenvalue weighted by Gasteiger charge is 2.20. The maximum absolute atomic E-state index is 6.20. The molecule has 0 N–H and O–H groups in total. The van der Waals surface area contributed by atoms with Crippen LogP contribution in [0, 0.1) is 6.92 Å². The number of hydrogen-bond acceptors (Lipinski definition) is 4. The molecule has 2 rings (SSSR count). The van der Waals surface area contributed by atoms with Crippen LogP contribution in [0.15, 0.2) is 41.5 Å². The largest absolute Gasteiger partial charge is 0.544 e. The van der Waals surface area contributed by atoms with Crippen LogP contribution in [0.5, 0.6) is 5.75 Å². The Bertz CT molecular complexity index is 707. The van der Waals surface area contributed by atoms with Crippen LogP contribution in [0.4, 0.5) is 0 Å². The highest BCUT2D eigenvalue weighted by Crippen LogP contribution is 2.29. The Hall–Kier alpha value is -2.01. The number of hydrogen-bond donors (Lipinski definition) is 0. The smallest absolute Gasteiger partial charge is 0.242 e. The second kappa shape index (κ2) is 7.04. The summed E-state index contributed by atoms with van der Waals surface area (Å²) in [6.07, 6.45) is 1.77. The molecule has 4 nitrogen and oxygen atoms in total. The molecule has 0 aliphatic rings. The van der Waals surface area contributed by atoms with E-state index in [-0.39, 0.29) is 6.04 Å². The summed E-state index contributed by atoms with van der Waals surface area (Å²) in [6, 6.07) is 10.0. The number of aliphatic imine (C=N–C) groups is 1. The molecule has 122 valence electrons. The van der Waals surface area contributed by atoms with Crippen LogP contribution >= 0.6 is 0 Å². The molecular formula is C18H25N3OSi. The standard InChI is InChI=1S/C18H25N3OSi/c1-13-11-12-19-18(20-13)15(3)21-14(2)16-9-7-8-10-17(16)22-23(4,5)6/h7-12,14H,1-6H3. The molecule has 1 unspecified atom stereocenters. The zero-order valence-electron chi connectivity index (χ0n) is 14.8. The number of aryl methyl sites for hydroxylation is 1. The van der Waals surface area contributed by atoms with Crippen molar-refractivity contribution < 1.29 is 4.43 Å². The third-order valence-electron chi connectivity index (χ3n) is 3.29. The van der Waals surface area contributed by atoms with Crippen molar-refractivity contribution in [2.45, 2.75) is 46.5 Å². The SMILES string of the molecule is CC(=NC(C)c1ccccc1O[Si](C)(C)C)c1nccc(C)n1. The molecule has 1 atom stereocenters. The molecule has 0 radical (unpaired) electrons. The van der Waals surface area contributed by atoms with Crippen LogP contribution in [0.25, 0.3) is 0 Å². The van der Waals surface area contributed by atoms with Gasteiger partial charge in [0.2, 0.25) is 8.32 Å². The van der Waals surface area contributed by atoms with E-state index in [1.165, 1.54) is 0 Å². The summed E-state index contributed by atoms with van der Waals surface area (Å²) >= 11 is 0. The third kappa shape index (κ3) is 4.99. The van der Waals surface area contributed by atoms with Crippen LogP contribution in [0.2, 0.25) is 19.6 Å². The molecule has 2 aromatic rings. The second-order valence-corrected chi connectivity index (χ2v) is 11.1. The first-order chi connectivity index (χ1) is 10.8. The van der Waals surface area contributed by atoms with Crippen LogP contribution in [0.1, 0.15) is 37.0 Å². The monoisotopic (exact) mass is 327 g/mol. The average Bonchev–Trinajstić information content (AvgIpc) is 2.46. The number of benzene rings is 1. The van der Waals surface area contributed by atoms with Gasteiger partial charge in [0.1, 0.15) is 5.75 Å². The summed E-state index contributed by atoms with van der Waals surface area (Å²) in [5.74, 6) is 1.61. The first-order valence-corrected chi connectivity index (χ1v) is 11.3. The predicted octanol–water partition coefficient (Wildman–Crippen LogP) is 4.57. The average molecular weight is 328 g/mol.